The molecule has 102 valence electrons. The predicted octanol–water partition coefficient (Wildman–Crippen LogP) is 2.76. The zero-order valence-electron chi connectivity index (χ0n) is 10.5. The third-order valence-electron chi connectivity index (χ3n) is 2.63. The maximum Gasteiger partial charge on any atom is 0.305 e. The lowest BCUT2D eigenvalue weighted by Gasteiger charge is -2.12. The number of terminal acetylenes is 1. The molecule has 0 aliphatic carbocycles. The van der Waals surface area contributed by atoms with Gasteiger partial charge in [-0.3, -0.25) is 15.4 Å². The summed E-state index contributed by atoms with van der Waals surface area (Å²) in [7, 11) is 0. The molecule has 0 aromatic heterocycles. The van der Waals surface area contributed by atoms with Gasteiger partial charge < -0.3 is 0 Å². The Kier molecular flexibility index (Phi) is 5.39. The van der Waals surface area contributed by atoms with E-state index in [0.29, 0.717) is 12.5 Å². The third kappa shape index (κ3) is 4.00. The molecule has 0 aliphatic rings. The van der Waals surface area contributed by atoms with Gasteiger partial charge in [-0.1, -0.05) is 19.3 Å². The minimum atomic E-state index is -1.19. The highest BCUT2D eigenvalue weighted by atomic mass is 19.1. The molecular weight excluding hydrogens is 254 g/mol. The number of nitrogens with one attached hydrogen (secondary N) is 1. The van der Waals surface area contributed by atoms with Gasteiger partial charge in [0.25, 0.3) is 0 Å². The van der Waals surface area contributed by atoms with E-state index in [0.717, 1.165) is 12.5 Å². The fourth-order valence-corrected chi connectivity index (χ4v) is 1.62. The fourth-order valence-electron chi connectivity index (χ4n) is 1.62. The summed E-state index contributed by atoms with van der Waals surface area (Å²) >= 11 is 0. The van der Waals surface area contributed by atoms with Crippen LogP contribution in [0.15, 0.2) is 12.1 Å². The molecule has 0 spiro atoms. The lowest BCUT2D eigenvalue weighted by atomic mass is 10.1. The van der Waals surface area contributed by atoms with Crippen molar-refractivity contribution in [3.63, 3.8) is 0 Å². The molecule has 1 atom stereocenters. The molecule has 6 heteroatoms. The van der Waals surface area contributed by atoms with Crippen LogP contribution < -0.4 is 5.32 Å². The smallest absolute Gasteiger partial charge is 0.299 e. The molecular formula is C13H14F2N2O2. The van der Waals surface area contributed by atoms with E-state index < -0.39 is 22.2 Å². The van der Waals surface area contributed by atoms with Crippen molar-refractivity contribution in [3.8, 4) is 12.3 Å². The number of nitro groups is 1. The van der Waals surface area contributed by atoms with Crippen LogP contribution >= 0.6 is 0 Å². The van der Waals surface area contributed by atoms with Crippen LogP contribution in [0.2, 0.25) is 0 Å². The van der Waals surface area contributed by atoms with E-state index >= 15 is 0 Å². The molecule has 1 unspecified atom stereocenters. The van der Waals surface area contributed by atoms with Gasteiger partial charge in [0.2, 0.25) is 5.82 Å². The molecule has 0 saturated heterocycles. The summed E-state index contributed by atoms with van der Waals surface area (Å²) in [5, 5.41) is 13.5. The van der Waals surface area contributed by atoms with Gasteiger partial charge in [0.1, 0.15) is 5.82 Å². The average Bonchev–Trinajstić information content (AvgIpc) is 2.35. The van der Waals surface area contributed by atoms with Crippen LogP contribution in [-0.2, 0) is 6.54 Å². The van der Waals surface area contributed by atoms with Gasteiger partial charge in [0, 0.05) is 24.2 Å². The first kappa shape index (κ1) is 15.1. The Labute approximate surface area is 110 Å². The summed E-state index contributed by atoms with van der Waals surface area (Å²) in [6.07, 6.45) is 6.85. The van der Waals surface area contributed by atoms with Crippen molar-refractivity contribution in [2.75, 3.05) is 0 Å². The van der Waals surface area contributed by atoms with Crippen molar-refractivity contribution in [2.24, 2.45) is 0 Å². The molecule has 1 rings (SSSR count). The number of hydrogen-bond donors (Lipinski definition) is 1. The summed E-state index contributed by atoms with van der Waals surface area (Å²) in [6, 6.07) is 1.16. The first-order chi connectivity index (χ1) is 8.99. The lowest BCUT2D eigenvalue weighted by Crippen LogP contribution is -2.27. The molecule has 1 aromatic rings. The van der Waals surface area contributed by atoms with Gasteiger partial charge in [-0.25, -0.2) is 4.39 Å². The minimum Gasteiger partial charge on any atom is -0.299 e. The summed E-state index contributed by atoms with van der Waals surface area (Å²) in [5.41, 5.74) is -0.726. The average molecular weight is 268 g/mol. The van der Waals surface area contributed by atoms with E-state index in [1.807, 2.05) is 6.92 Å². The fraction of sp³-hybridized carbons (Fsp3) is 0.385. The Bertz CT molecular complexity index is 512. The Morgan fingerprint density at radius 2 is 2.16 bits per heavy atom. The van der Waals surface area contributed by atoms with E-state index in [4.69, 9.17) is 6.42 Å². The molecule has 0 bridgehead atoms. The topological polar surface area (TPSA) is 55.2 Å². The molecule has 1 aromatic carbocycles. The van der Waals surface area contributed by atoms with Gasteiger partial charge in [-0.15, -0.1) is 6.42 Å². The molecule has 0 heterocycles. The van der Waals surface area contributed by atoms with Gasteiger partial charge in [-0.2, -0.15) is 4.39 Å². The van der Waals surface area contributed by atoms with Crippen molar-refractivity contribution in [2.45, 2.75) is 32.4 Å². The summed E-state index contributed by atoms with van der Waals surface area (Å²) < 4.78 is 26.6. The highest BCUT2D eigenvalue weighted by Gasteiger charge is 2.18. The van der Waals surface area contributed by atoms with Crippen molar-refractivity contribution in [1.29, 1.82) is 0 Å². The van der Waals surface area contributed by atoms with Crippen molar-refractivity contribution >= 4 is 5.69 Å². The Morgan fingerprint density at radius 3 is 2.68 bits per heavy atom. The minimum absolute atomic E-state index is 0.0157. The zero-order valence-corrected chi connectivity index (χ0v) is 10.5. The maximum absolute atomic E-state index is 13.5. The van der Waals surface area contributed by atoms with Gasteiger partial charge in [-0.05, 0) is 6.42 Å². The largest absolute Gasteiger partial charge is 0.305 e. The van der Waals surface area contributed by atoms with Crippen LogP contribution in [0.1, 0.15) is 25.3 Å². The standard InChI is InChI=1S/C13H14F2N2O2/c1-3-5-10(4-2)16-8-9-6-13(17(18)19)12(15)7-11(9)14/h2,6-7,10,16H,3,5,8H2,1H3. The van der Waals surface area contributed by atoms with Crippen LogP contribution in [0.25, 0.3) is 0 Å². The first-order valence-corrected chi connectivity index (χ1v) is 5.81. The summed E-state index contributed by atoms with van der Waals surface area (Å²) in [6.45, 7) is 1.97. The van der Waals surface area contributed by atoms with Crippen LogP contribution in [0.3, 0.4) is 0 Å². The van der Waals surface area contributed by atoms with E-state index in [9.17, 15) is 18.9 Å². The summed E-state index contributed by atoms with van der Waals surface area (Å²) in [4.78, 5) is 9.69. The molecule has 4 nitrogen and oxygen atoms in total. The number of halogens is 2. The molecule has 0 aliphatic heterocycles. The van der Waals surface area contributed by atoms with Gasteiger partial charge >= 0.3 is 5.69 Å². The normalized spacial score (nSPS) is 11.9. The second-order valence-electron chi connectivity index (χ2n) is 4.04. The van der Waals surface area contributed by atoms with Crippen molar-refractivity contribution in [3.05, 3.63) is 39.4 Å². The Balaban J connectivity index is 2.87. The first-order valence-electron chi connectivity index (χ1n) is 5.81. The monoisotopic (exact) mass is 268 g/mol. The molecule has 1 N–H and O–H groups in total. The number of rotatable bonds is 6. The van der Waals surface area contributed by atoms with E-state index in [-0.39, 0.29) is 18.2 Å². The van der Waals surface area contributed by atoms with Crippen LogP contribution in [0, 0.1) is 34.1 Å². The zero-order chi connectivity index (χ0) is 14.4. The lowest BCUT2D eigenvalue weighted by molar-refractivity contribution is -0.387. The Hall–Kier alpha value is -2.00. The number of benzene rings is 1. The highest BCUT2D eigenvalue weighted by molar-refractivity contribution is 5.37. The van der Waals surface area contributed by atoms with Gasteiger partial charge in [0.05, 0.1) is 11.0 Å². The number of hydrogen-bond acceptors (Lipinski definition) is 3. The van der Waals surface area contributed by atoms with Crippen LogP contribution in [0.5, 0.6) is 0 Å². The van der Waals surface area contributed by atoms with Crippen LogP contribution in [-0.4, -0.2) is 11.0 Å². The molecule has 0 fully saturated rings. The van der Waals surface area contributed by atoms with Crippen molar-refractivity contribution in [1.82, 2.24) is 5.32 Å². The second-order valence-corrected chi connectivity index (χ2v) is 4.04. The quantitative estimate of drug-likeness (QED) is 0.490. The van der Waals surface area contributed by atoms with Crippen molar-refractivity contribution < 1.29 is 13.7 Å². The predicted molar refractivity (Wildman–Crippen MR) is 67.4 cm³/mol. The highest BCUT2D eigenvalue weighted by Crippen LogP contribution is 2.21. The van der Waals surface area contributed by atoms with E-state index in [2.05, 4.69) is 11.2 Å². The number of nitrogens with zero attached hydrogens (tertiary/aromatic N) is 1. The molecule has 19 heavy (non-hydrogen) atoms. The van der Waals surface area contributed by atoms with Crippen LogP contribution in [0.4, 0.5) is 14.5 Å². The Morgan fingerprint density at radius 1 is 1.47 bits per heavy atom. The van der Waals surface area contributed by atoms with E-state index in [1.165, 1.54) is 0 Å². The SMILES string of the molecule is C#CC(CCC)NCc1cc([N+](=O)[O-])c(F)cc1F. The third-order valence-corrected chi connectivity index (χ3v) is 2.63. The second kappa shape index (κ2) is 6.81. The molecule has 0 radical (unpaired) electrons. The molecule has 0 amide bonds. The maximum atomic E-state index is 13.5. The number of nitro benzene ring substituents is 1. The van der Waals surface area contributed by atoms with E-state index in [1.54, 1.807) is 0 Å². The van der Waals surface area contributed by atoms with Gasteiger partial charge in [0.15, 0.2) is 0 Å². The molecule has 0 saturated carbocycles. The summed E-state index contributed by atoms with van der Waals surface area (Å²) in [5.74, 6) is 0.483.